The summed E-state index contributed by atoms with van der Waals surface area (Å²) in [6.07, 6.45) is 0.423. The highest BCUT2D eigenvalue weighted by Crippen LogP contribution is 2.25. The van der Waals surface area contributed by atoms with Crippen molar-refractivity contribution in [2.24, 2.45) is 0 Å². The zero-order valence-corrected chi connectivity index (χ0v) is 13.5. The van der Waals surface area contributed by atoms with Crippen molar-refractivity contribution in [3.05, 3.63) is 35.9 Å². The van der Waals surface area contributed by atoms with Gasteiger partial charge in [0.1, 0.15) is 5.75 Å². The molecule has 0 spiro atoms. The Balaban J connectivity index is 3.11. The van der Waals surface area contributed by atoms with E-state index in [0.29, 0.717) is 13.0 Å². The van der Waals surface area contributed by atoms with E-state index in [1.165, 1.54) is 7.11 Å². The van der Waals surface area contributed by atoms with E-state index in [1.54, 1.807) is 0 Å². The molecule has 1 aromatic rings. The molecule has 0 aliphatic carbocycles. The van der Waals surface area contributed by atoms with Crippen molar-refractivity contribution in [3.63, 3.8) is 0 Å². The molecule has 0 bridgehead atoms. The van der Waals surface area contributed by atoms with Gasteiger partial charge in [-0.25, -0.2) is 8.42 Å². The lowest BCUT2D eigenvalue weighted by molar-refractivity contribution is -0.137. The Morgan fingerprint density at radius 1 is 1.24 bits per heavy atom. The number of sulfone groups is 1. The smallest absolute Gasteiger partial charge is 0.320 e. The van der Waals surface area contributed by atoms with Crippen molar-refractivity contribution >= 4 is 15.8 Å². The van der Waals surface area contributed by atoms with E-state index in [1.807, 2.05) is 44.2 Å². The Hall–Kier alpha value is -1.40. The maximum Gasteiger partial charge on any atom is 0.320 e. The van der Waals surface area contributed by atoms with Gasteiger partial charge in [0.25, 0.3) is 0 Å². The standard InChI is InChI=1S/C15H23NO4S/c1-4-13(21(18,19)11-14(17)20-3)15(16-5-2)12-9-7-6-8-10-12/h6-10,13,15-16H,4-5,11H2,1-3H3. The Labute approximate surface area is 126 Å². The fraction of sp³-hybridized carbons (Fsp3) is 0.533. The lowest BCUT2D eigenvalue weighted by atomic mass is 10.0. The molecule has 0 aliphatic rings. The summed E-state index contributed by atoms with van der Waals surface area (Å²) in [7, 11) is -2.40. The number of ether oxygens (including phenoxy) is 1. The maximum absolute atomic E-state index is 12.5. The topological polar surface area (TPSA) is 72.5 Å². The third kappa shape index (κ3) is 4.82. The minimum absolute atomic E-state index is 0.337. The lowest BCUT2D eigenvalue weighted by Gasteiger charge is -2.27. The Bertz CT molecular complexity index is 542. The van der Waals surface area contributed by atoms with Crippen molar-refractivity contribution in [1.82, 2.24) is 5.32 Å². The molecule has 5 nitrogen and oxygen atoms in total. The zero-order chi connectivity index (χ0) is 15.9. The average molecular weight is 313 g/mol. The summed E-state index contributed by atoms with van der Waals surface area (Å²) in [4.78, 5) is 11.3. The Morgan fingerprint density at radius 3 is 2.33 bits per heavy atom. The van der Waals surface area contributed by atoms with Crippen molar-refractivity contribution < 1.29 is 17.9 Å². The Kier molecular flexibility index (Phi) is 6.84. The number of hydrogen-bond donors (Lipinski definition) is 1. The molecule has 118 valence electrons. The SMILES string of the molecule is CCNC(c1ccccc1)C(CC)S(=O)(=O)CC(=O)OC. The van der Waals surface area contributed by atoms with Crippen molar-refractivity contribution in [1.29, 1.82) is 0 Å². The predicted octanol–water partition coefficient (Wildman–Crippen LogP) is 1.70. The van der Waals surface area contributed by atoms with Gasteiger partial charge in [-0.05, 0) is 18.5 Å². The van der Waals surface area contributed by atoms with Crippen molar-refractivity contribution in [3.8, 4) is 0 Å². The number of esters is 1. The van der Waals surface area contributed by atoms with Crippen LogP contribution in [0.25, 0.3) is 0 Å². The van der Waals surface area contributed by atoms with Crippen molar-refractivity contribution in [2.75, 3.05) is 19.4 Å². The van der Waals surface area contributed by atoms with Crippen molar-refractivity contribution in [2.45, 2.75) is 31.6 Å². The van der Waals surface area contributed by atoms with Crippen LogP contribution in [0.1, 0.15) is 31.9 Å². The van der Waals surface area contributed by atoms with Gasteiger partial charge in [0.15, 0.2) is 9.84 Å². The average Bonchev–Trinajstić information content (AvgIpc) is 2.47. The molecule has 1 rings (SSSR count). The maximum atomic E-state index is 12.5. The molecule has 2 atom stereocenters. The van der Waals surface area contributed by atoms with E-state index in [2.05, 4.69) is 10.1 Å². The van der Waals surface area contributed by atoms with Gasteiger partial charge in [0.2, 0.25) is 0 Å². The van der Waals surface area contributed by atoms with E-state index in [0.717, 1.165) is 5.56 Å². The van der Waals surface area contributed by atoms with Crippen LogP contribution in [0.4, 0.5) is 0 Å². The molecule has 2 unspecified atom stereocenters. The van der Waals surface area contributed by atoms with Crippen LogP contribution in [0.3, 0.4) is 0 Å². The van der Waals surface area contributed by atoms with E-state index in [4.69, 9.17) is 0 Å². The molecule has 0 radical (unpaired) electrons. The number of hydrogen-bond acceptors (Lipinski definition) is 5. The van der Waals surface area contributed by atoms with Crippen LogP contribution in [0.5, 0.6) is 0 Å². The summed E-state index contributed by atoms with van der Waals surface area (Å²) in [5, 5.41) is 2.55. The van der Waals surface area contributed by atoms with Crippen LogP contribution >= 0.6 is 0 Å². The third-order valence-corrected chi connectivity index (χ3v) is 5.53. The first-order valence-corrected chi connectivity index (χ1v) is 8.74. The number of rotatable bonds is 8. The summed E-state index contributed by atoms with van der Waals surface area (Å²) in [6.45, 7) is 4.38. The summed E-state index contributed by atoms with van der Waals surface area (Å²) in [6, 6.07) is 9.08. The fourth-order valence-corrected chi connectivity index (χ4v) is 4.21. The number of methoxy groups -OCH3 is 1. The molecular weight excluding hydrogens is 290 g/mol. The highest BCUT2D eigenvalue weighted by atomic mass is 32.2. The molecule has 0 heterocycles. The summed E-state index contributed by atoms with van der Waals surface area (Å²) < 4.78 is 29.4. The summed E-state index contributed by atoms with van der Waals surface area (Å²) in [5.74, 6) is -1.31. The monoisotopic (exact) mass is 313 g/mol. The van der Waals surface area contributed by atoms with Crippen LogP contribution in [0.15, 0.2) is 30.3 Å². The summed E-state index contributed by atoms with van der Waals surface area (Å²) >= 11 is 0. The molecule has 21 heavy (non-hydrogen) atoms. The normalized spacial score (nSPS) is 14.4. The van der Waals surface area contributed by atoms with Gasteiger partial charge >= 0.3 is 5.97 Å². The minimum Gasteiger partial charge on any atom is -0.468 e. The molecule has 0 saturated carbocycles. The van der Waals surface area contributed by atoms with E-state index >= 15 is 0 Å². The molecule has 0 saturated heterocycles. The molecule has 0 aliphatic heterocycles. The van der Waals surface area contributed by atoms with E-state index < -0.39 is 26.8 Å². The van der Waals surface area contributed by atoms with Crippen LogP contribution in [-0.2, 0) is 19.4 Å². The van der Waals surface area contributed by atoms with E-state index in [9.17, 15) is 13.2 Å². The first-order valence-electron chi connectivity index (χ1n) is 7.03. The molecule has 1 N–H and O–H groups in total. The van der Waals surface area contributed by atoms with Crippen LogP contribution < -0.4 is 5.32 Å². The minimum atomic E-state index is -3.59. The van der Waals surface area contributed by atoms with Crippen LogP contribution in [0.2, 0.25) is 0 Å². The third-order valence-electron chi connectivity index (χ3n) is 3.36. The Morgan fingerprint density at radius 2 is 1.86 bits per heavy atom. The van der Waals surface area contributed by atoms with Crippen LogP contribution in [-0.4, -0.2) is 39.0 Å². The highest BCUT2D eigenvalue weighted by molar-refractivity contribution is 7.92. The van der Waals surface area contributed by atoms with Gasteiger partial charge in [-0.2, -0.15) is 0 Å². The van der Waals surface area contributed by atoms with Crippen LogP contribution in [0, 0.1) is 0 Å². The first kappa shape index (κ1) is 17.7. The highest BCUT2D eigenvalue weighted by Gasteiger charge is 2.34. The molecule has 0 amide bonds. The molecule has 6 heteroatoms. The van der Waals surface area contributed by atoms with Gasteiger partial charge in [0.05, 0.1) is 12.4 Å². The second-order valence-corrected chi connectivity index (χ2v) is 7.00. The summed E-state index contributed by atoms with van der Waals surface area (Å²) in [5.41, 5.74) is 0.902. The number of nitrogens with one attached hydrogen (secondary N) is 1. The quantitative estimate of drug-likeness (QED) is 0.740. The second kappa shape index (κ2) is 8.14. The van der Waals surface area contributed by atoms with Gasteiger partial charge < -0.3 is 10.1 Å². The molecule has 0 aromatic heterocycles. The lowest BCUT2D eigenvalue weighted by Crippen LogP contribution is -2.39. The zero-order valence-electron chi connectivity index (χ0n) is 12.7. The van der Waals surface area contributed by atoms with Gasteiger partial charge in [-0.1, -0.05) is 44.2 Å². The number of benzene rings is 1. The molecular formula is C15H23NO4S. The molecule has 1 aromatic carbocycles. The fourth-order valence-electron chi connectivity index (χ4n) is 2.37. The second-order valence-electron chi connectivity index (χ2n) is 4.78. The number of carbonyl (C=O) groups excluding carboxylic acids is 1. The van der Waals surface area contributed by atoms with Gasteiger partial charge in [-0.15, -0.1) is 0 Å². The largest absolute Gasteiger partial charge is 0.468 e. The first-order chi connectivity index (χ1) is 9.96. The van der Waals surface area contributed by atoms with E-state index in [-0.39, 0.29) is 6.04 Å². The predicted molar refractivity (Wildman–Crippen MR) is 82.7 cm³/mol. The number of carbonyl (C=O) groups is 1. The molecule has 0 fully saturated rings. The van der Waals surface area contributed by atoms with Gasteiger partial charge in [0, 0.05) is 6.04 Å². The van der Waals surface area contributed by atoms with Gasteiger partial charge in [-0.3, -0.25) is 4.79 Å².